The molecule has 0 spiro atoms. The molecule has 0 aliphatic rings. The molecule has 0 amide bonds. The Morgan fingerprint density at radius 1 is 1.10 bits per heavy atom. The molecule has 0 aliphatic carbocycles. The molecule has 0 saturated heterocycles. The van der Waals surface area contributed by atoms with Crippen molar-refractivity contribution >= 4 is 27.0 Å². The van der Waals surface area contributed by atoms with E-state index in [0.717, 1.165) is 27.5 Å². The summed E-state index contributed by atoms with van der Waals surface area (Å²) < 4.78 is 0.906. The van der Waals surface area contributed by atoms with Gasteiger partial charge in [-0.15, -0.1) is 0 Å². The minimum Gasteiger partial charge on any atom is -0.324 e. The normalized spacial score (nSPS) is 12.7. The van der Waals surface area contributed by atoms with Crippen molar-refractivity contribution in [2.45, 2.75) is 12.5 Å². The van der Waals surface area contributed by atoms with E-state index in [0.29, 0.717) is 0 Å². The lowest BCUT2D eigenvalue weighted by molar-refractivity contribution is 0.719. The minimum atomic E-state index is -0.208. The van der Waals surface area contributed by atoms with E-state index in [9.17, 15) is 4.79 Å². The van der Waals surface area contributed by atoms with Crippen molar-refractivity contribution in [1.82, 2.24) is 9.97 Å². The Morgan fingerprint density at radius 2 is 1.75 bits per heavy atom. The quantitative estimate of drug-likeness (QED) is 0.690. The van der Waals surface area contributed by atoms with E-state index in [4.69, 9.17) is 5.73 Å². The number of fused-ring (bicyclic) bond motifs is 1. The predicted octanol–water partition coefficient (Wildman–Crippen LogP) is 2.86. The third kappa shape index (κ3) is 2.55. The summed E-state index contributed by atoms with van der Waals surface area (Å²) in [5, 5.41) is 0. The Hall–Kier alpha value is -1.85. The predicted molar refractivity (Wildman–Crippen MR) is 83.7 cm³/mol. The molecule has 0 radical (unpaired) electrons. The number of hydrogen-bond donors (Lipinski definition) is 3. The summed E-state index contributed by atoms with van der Waals surface area (Å²) in [4.78, 5) is 16.8. The molecule has 4 N–H and O–H groups in total. The van der Waals surface area contributed by atoms with Crippen LogP contribution in [0.1, 0.15) is 17.2 Å². The highest BCUT2D eigenvalue weighted by atomic mass is 79.9. The van der Waals surface area contributed by atoms with E-state index in [2.05, 4.69) is 38.0 Å². The fraction of sp³-hybridized carbons (Fsp3) is 0.133. The van der Waals surface area contributed by atoms with Crippen molar-refractivity contribution in [3.63, 3.8) is 0 Å². The number of imidazole rings is 1. The summed E-state index contributed by atoms with van der Waals surface area (Å²) in [6.45, 7) is 0. The number of aromatic nitrogens is 2. The fourth-order valence-corrected chi connectivity index (χ4v) is 2.97. The van der Waals surface area contributed by atoms with Gasteiger partial charge < -0.3 is 15.7 Å². The van der Waals surface area contributed by atoms with Crippen molar-refractivity contribution in [2.24, 2.45) is 5.73 Å². The molecular formula is C15H14BrN3O. The molecular weight excluding hydrogens is 318 g/mol. The number of hydrogen-bond acceptors (Lipinski definition) is 2. The van der Waals surface area contributed by atoms with Crippen LogP contribution in [0.3, 0.4) is 0 Å². The molecule has 1 unspecified atom stereocenters. The first-order valence-electron chi connectivity index (χ1n) is 6.34. The van der Waals surface area contributed by atoms with Gasteiger partial charge in [-0.05, 0) is 29.7 Å². The molecule has 20 heavy (non-hydrogen) atoms. The number of aromatic amines is 2. The summed E-state index contributed by atoms with van der Waals surface area (Å²) in [6.07, 6.45) is 0.750. The standard InChI is InChI=1S/C15H14BrN3O/c16-11-8-14-13(18-15(20)19-14)7-10(11)12(17)6-9-4-2-1-3-5-9/h1-5,7-8,12H,6,17H2,(H2,18,19,20). The first kappa shape index (κ1) is 13.1. The van der Waals surface area contributed by atoms with Crippen LogP contribution in [0.4, 0.5) is 0 Å². The number of nitrogens with two attached hydrogens (primary N) is 1. The lowest BCUT2D eigenvalue weighted by Crippen LogP contribution is -2.14. The van der Waals surface area contributed by atoms with Crippen LogP contribution in [0.5, 0.6) is 0 Å². The maximum atomic E-state index is 11.3. The lowest BCUT2D eigenvalue weighted by atomic mass is 9.99. The van der Waals surface area contributed by atoms with Crippen LogP contribution in [0.25, 0.3) is 11.0 Å². The van der Waals surface area contributed by atoms with Crippen LogP contribution in [0.2, 0.25) is 0 Å². The van der Waals surface area contributed by atoms with Crippen LogP contribution >= 0.6 is 15.9 Å². The molecule has 102 valence electrons. The minimum absolute atomic E-state index is 0.130. The van der Waals surface area contributed by atoms with E-state index < -0.39 is 0 Å². The average Bonchev–Trinajstić information content (AvgIpc) is 2.78. The Bertz CT molecular complexity index is 792. The van der Waals surface area contributed by atoms with Crippen molar-refractivity contribution in [1.29, 1.82) is 0 Å². The molecule has 2 aromatic carbocycles. The van der Waals surface area contributed by atoms with Crippen molar-refractivity contribution in [2.75, 3.05) is 0 Å². The second kappa shape index (κ2) is 5.26. The van der Waals surface area contributed by atoms with Crippen LogP contribution in [-0.4, -0.2) is 9.97 Å². The number of benzene rings is 2. The number of rotatable bonds is 3. The molecule has 1 atom stereocenters. The zero-order valence-corrected chi connectivity index (χ0v) is 12.3. The molecule has 4 nitrogen and oxygen atoms in total. The molecule has 1 aromatic heterocycles. The molecule has 3 rings (SSSR count). The lowest BCUT2D eigenvalue weighted by Gasteiger charge is -2.14. The second-order valence-corrected chi connectivity index (χ2v) is 5.65. The fourth-order valence-electron chi connectivity index (χ4n) is 2.33. The summed E-state index contributed by atoms with van der Waals surface area (Å²) in [5.74, 6) is 0. The monoisotopic (exact) mass is 331 g/mol. The number of halogens is 1. The summed E-state index contributed by atoms with van der Waals surface area (Å²) >= 11 is 3.52. The SMILES string of the molecule is NC(Cc1ccccc1)c1cc2[nH]c(=O)[nH]c2cc1Br. The van der Waals surface area contributed by atoms with Gasteiger partial charge >= 0.3 is 5.69 Å². The third-order valence-electron chi connectivity index (χ3n) is 3.33. The number of H-pyrrole nitrogens is 2. The van der Waals surface area contributed by atoms with E-state index >= 15 is 0 Å². The molecule has 0 bridgehead atoms. The highest BCUT2D eigenvalue weighted by Crippen LogP contribution is 2.27. The largest absolute Gasteiger partial charge is 0.324 e. The Balaban J connectivity index is 1.96. The van der Waals surface area contributed by atoms with Gasteiger partial charge in [-0.3, -0.25) is 0 Å². The Morgan fingerprint density at radius 3 is 2.45 bits per heavy atom. The second-order valence-electron chi connectivity index (χ2n) is 4.79. The van der Waals surface area contributed by atoms with E-state index in [-0.39, 0.29) is 11.7 Å². The molecule has 1 heterocycles. The smallest absolute Gasteiger partial charge is 0.323 e. The van der Waals surface area contributed by atoms with Crippen molar-refractivity contribution in [3.05, 3.63) is 68.5 Å². The van der Waals surface area contributed by atoms with Crippen LogP contribution in [-0.2, 0) is 6.42 Å². The Labute approximate surface area is 124 Å². The van der Waals surface area contributed by atoms with Gasteiger partial charge in [0.2, 0.25) is 0 Å². The molecule has 0 saturated carbocycles. The maximum Gasteiger partial charge on any atom is 0.323 e. The number of nitrogens with one attached hydrogen (secondary N) is 2. The first-order chi connectivity index (χ1) is 9.63. The third-order valence-corrected chi connectivity index (χ3v) is 4.02. The van der Waals surface area contributed by atoms with Crippen molar-refractivity contribution in [3.8, 4) is 0 Å². The van der Waals surface area contributed by atoms with Gasteiger partial charge in [0.1, 0.15) is 0 Å². The van der Waals surface area contributed by atoms with Gasteiger partial charge in [-0.1, -0.05) is 46.3 Å². The van der Waals surface area contributed by atoms with Gasteiger partial charge in [-0.2, -0.15) is 0 Å². The summed E-state index contributed by atoms with van der Waals surface area (Å²) in [7, 11) is 0. The maximum absolute atomic E-state index is 11.3. The van der Waals surface area contributed by atoms with Crippen LogP contribution < -0.4 is 11.4 Å². The van der Waals surface area contributed by atoms with Crippen LogP contribution in [0.15, 0.2) is 51.7 Å². The molecule has 0 fully saturated rings. The van der Waals surface area contributed by atoms with E-state index in [1.165, 1.54) is 5.56 Å². The molecule has 5 heteroatoms. The van der Waals surface area contributed by atoms with Gasteiger partial charge in [-0.25, -0.2) is 4.79 Å². The molecule has 3 aromatic rings. The van der Waals surface area contributed by atoms with Gasteiger partial charge in [0, 0.05) is 10.5 Å². The highest BCUT2D eigenvalue weighted by molar-refractivity contribution is 9.10. The van der Waals surface area contributed by atoms with Gasteiger partial charge in [0.15, 0.2) is 0 Å². The topological polar surface area (TPSA) is 74.7 Å². The van der Waals surface area contributed by atoms with Crippen LogP contribution in [0, 0.1) is 0 Å². The van der Waals surface area contributed by atoms with Gasteiger partial charge in [0.05, 0.1) is 11.0 Å². The van der Waals surface area contributed by atoms with Crippen molar-refractivity contribution < 1.29 is 0 Å². The highest BCUT2D eigenvalue weighted by Gasteiger charge is 2.13. The zero-order chi connectivity index (χ0) is 14.1. The summed E-state index contributed by atoms with van der Waals surface area (Å²) in [6, 6.07) is 13.8. The van der Waals surface area contributed by atoms with E-state index in [1.54, 1.807) is 0 Å². The van der Waals surface area contributed by atoms with E-state index in [1.807, 2.05) is 30.3 Å². The average molecular weight is 332 g/mol. The first-order valence-corrected chi connectivity index (χ1v) is 7.14. The van der Waals surface area contributed by atoms with Gasteiger partial charge in [0.25, 0.3) is 0 Å². The zero-order valence-electron chi connectivity index (χ0n) is 10.7. The Kier molecular flexibility index (Phi) is 3.46. The molecule has 0 aliphatic heterocycles. The summed E-state index contributed by atoms with van der Waals surface area (Å²) in [5.41, 5.74) is 9.81.